The summed E-state index contributed by atoms with van der Waals surface area (Å²) in [6.45, 7) is 2.21. The molecule has 0 saturated heterocycles. The lowest BCUT2D eigenvalue weighted by molar-refractivity contribution is -0.116. The van der Waals surface area contributed by atoms with Crippen LogP contribution in [0.2, 0.25) is 0 Å². The third kappa shape index (κ3) is 5.31. The zero-order valence-corrected chi connectivity index (χ0v) is 22.5. The highest BCUT2D eigenvalue weighted by molar-refractivity contribution is 5.81. The molecule has 1 aromatic carbocycles. The molecule has 0 bridgehead atoms. The number of hydrogen-bond acceptors (Lipinski definition) is 7. The maximum Gasteiger partial charge on any atom is 0.274 e. The molecule has 2 fully saturated rings. The molecule has 3 heterocycles. The van der Waals surface area contributed by atoms with Crippen LogP contribution < -0.4 is 15.6 Å². The van der Waals surface area contributed by atoms with Crippen LogP contribution in [0.4, 0.5) is 11.6 Å². The number of carbonyl (C=O) groups is 1. The second-order valence-electron chi connectivity index (χ2n) is 10.8. The van der Waals surface area contributed by atoms with E-state index >= 15 is 0 Å². The molecule has 2 saturated carbocycles. The standard InChI is InChI=1S/C30H33N5O4/c1-18(36)12-22-14-24(10-11-31-22)39-23-7-8-25-27(15-23)34(2)30(32-25)33-26-13-21(19-4-5-19)17-35(29(26)37)16-20-6-9-28(20)38-3/h7-8,10-11,13-15,17,19-20,28H,4-6,9,12,16H2,1-3H3,(H,32,33)/t20?,28-/m0/s1. The lowest BCUT2D eigenvalue weighted by Crippen LogP contribution is -2.38. The highest BCUT2D eigenvalue weighted by atomic mass is 16.5. The highest BCUT2D eigenvalue weighted by Crippen LogP contribution is 2.41. The molecule has 0 amide bonds. The van der Waals surface area contributed by atoms with Crippen molar-refractivity contribution in [2.45, 2.75) is 57.6 Å². The SMILES string of the molecule is CO[C@H]1CCC1Cn1cc(C2CC2)cc(Nc2nc3ccc(Oc4ccnc(CC(C)=O)c4)cc3n2C)c1=O. The van der Waals surface area contributed by atoms with Crippen LogP contribution in [-0.4, -0.2) is 38.1 Å². The number of fused-ring (bicyclic) bond motifs is 1. The van der Waals surface area contributed by atoms with Gasteiger partial charge in [0, 0.05) is 57.6 Å². The quantitative estimate of drug-likeness (QED) is 0.306. The Morgan fingerprint density at radius 2 is 1.92 bits per heavy atom. The molecule has 0 radical (unpaired) electrons. The first-order chi connectivity index (χ1) is 18.9. The van der Waals surface area contributed by atoms with Gasteiger partial charge in [-0.3, -0.25) is 14.6 Å². The maximum atomic E-state index is 13.5. The molecule has 202 valence electrons. The van der Waals surface area contributed by atoms with E-state index in [1.165, 1.54) is 5.56 Å². The number of benzene rings is 1. The average Bonchev–Trinajstić information content (AvgIpc) is 3.69. The van der Waals surface area contributed by atoms with Crippen molar-refractivity contribution in [3.05, 3.63) is 70.4 Å². The first-order valence-corrected chi connectivity index (χ1v) is 13.5. The van der Waals surface area contributed by atoms with E-state index < -0.39 is 0 Å². The van der Waals surface area contributed by atoms with Crippen LogP contribution >= 0.6 is 0 Å². The lowest BCUT2D eigenvalue weighted by atomic mass is 9.81. The predicted molar refractivity (Wildman–Crippen MR) is 149 cm³/mol. The first-order valence-electron chi connectivity index (χ1n) is 13.5. The number of pyridine rings is 2. The fourth-order valence-electron chi connectivity index (χ4n) is 5.31. The molecule has 4 aromatic rings. The Labute approximate surface area is 226 Å². The smallest absolute Gasteiger partial charge is 0.274 e. The topological polar surface area (TPSA) is 100 Å². The Hall–Kier alpha value is -3.98. The molecule has 9 nitrogen and oxygen atoms in total. The number of nitrogens with one attached hydrogen (secondary N) is 1. The van der Waals surface area contributed by atoms with E-state index in [4.69, 9.17) is 14.5 Å². The number of imidazole rings is 1. The number of carbonyl (C=O) groups excluding carboxylic acids is 1. The minimum Gasteiger partial charge on any atom is -0.457 e. The van der Waals surface area contributed by atoms with Crippen molar-refractivity contribution in [2.75, 3.05) is 12.4 Å². The van der Waals surface area contributed by atoms with Gasteiger partial charge in [0.25, 0.3) is 5.56 Å². The van der Waals surface area contributed by atoms with Crippen LogP contribution in [0.3, 0.4) is 0 Å². The fraction of sp³-hybridized carbons (Fsp3) is 0.400. The normalized spacial score (nSPS) is 18.6. The third-order valence-corrected chi connectivity index (χ3v) is 7.79. The van der Waals surface area contributed by atoms with Crippen LogP contribution in [0.15, 0.2) is 53.6 Å². The fourth-order valence-corrected chi connectivity index (χ4v) is 5.31. The number of aryl methyl sites for hydroxylation is 1. The molecule has 1 unspecified atom stereocenters. The number of aromatic nitrogens is 4. The summed E-state index contributed by atoms with van der Waals surface area (Å²) in [6, 6.07) is 11.2. The molecule has 0 spiro atoms. The van der Waals surface area contributed by atoms with Crippen LogP contribution in [-0.2, 0) is 29.5 Å². The number of rotatable bonds is 10. The summed E-state index contributed by atoms with van der Waals surface area (Å²) in [5, 5.41) is 3.33. The van der Waals surface area contributed by atoms with Gasteiger partial charge in [0.2, 0.25) is 5.95 Å². The van der Waals surface area contributed by atoms with Crippen molar-refractivity contribution in [3.8, 4) is 11.5 Å². The second kappa shape index (κ2) is 10.3. The van der Waals surface area contributed by atoms with Crippen LogP contribution in [0.25, 0.3) is 11.0 Å². The van der Waals surface area contributed by atoms with Gasteiger partial charge in [-0.2, -0.15) is 0 Å². The van der Waals surface area contributed by atoms with Crippen molar-refractivity contribution >= 4 is 28.5 Å². The first kappa shape index (κ1) is 25.3. The Morgan fingerprint density at radius 1 is 1.10 bits per heavy atom. The zero-order valence-electron chi connectivity index (χ0n) is 22.5. The zero-order chi connectivity index (χ0) is 27.1. The van der Waals surface area contributed by atoms with Gasteiger partial charge < -0.3 is 23.9 Å². The largest absolute Gasteiger partial charge is 0.457 e. The molecule has 39 heavy (non-hydrogen) atoms. The molecule has 2 atom stereocenters. The summed E-state index contributed by atoms with van der Waals surface area (Å²) >= 11 is 0. The van der Waals surface area contributed by atoms with Gasteiger partial charge in [-0.1, -0.05) is 0 Å². The van der Waals surface area contributed by atoms with E-state index in [9.17, 15) is 9.59 Å². The number of methoxy groups -OCH3 is 1. The maximum absolute atomic E-state index is 13.5. The molecule has 2 aliphatic carbocycles. The molecular formula is C30H33N5O4. The summed E-state index contributed by atoms with van der Waals surface area (Å²) in [5.74, 6) is 2.77. The monoisotopic (exact) mass is 527 g/mol. The van der Waals surface area contributed by atoms with Crippen molar-refractivity contribution in [1.29, 1.82) is 0 Å². The van der Waals surface area contributed by atoms with Crippen molar-refractivity contribution in [1.82, 2.24) is 19.1 Å². The highest BCUT2D eigenvalue weighted by Gasteiger charge is 2.32. The third-order valence-electron chi connectivity index (χ3n) is 7.79. The Morgan fingerprint density at radius 3 is 2.64 bits per heavy atom. The minimum atomic E-state index is -0.0451. The second-order valence-corrected chi connectivity index (χ2v) is 10.8. The number of ketones is 1. The van der Waals surface area contributed by atoms with E-state index in [0.29, 0.717) is 47.2 Å². The van der Waals surface area contributed by atoms with E-state index in [-0.39, 0.29) is 23.9 Å². The Balaban J connectivity index is 1.27. The summed E-state index contributed by atoms with van der Waals surface area (Å²) < 4.78 is 15.4. The molecule has 3 aromatic heterocycles. The molecular weight excluding hydrogens is 494 g/mol. The minimum absolute atomic E-state index is 0.0451. The van der Waals surface area contributed by atoms with Gasteiger partial charge >= 0.3 is 0 Å². The van der Waals surface area contributed by atoms with Gasteiger partial charge in [0.1, 0.15) is 23.0 Å². The van der Waals surface area contributed by atoms with E-state index in [2.05, 4.69) is 10.3 Å². The number of Topliss-reactive ketones (excluding diaryl/α,β-unsaturated/α-hetero) is 1. The van der Waals surface area contributed by atoms with Gasteiger partial charge in [-0.25, -0.2) is 4.98 Å². The molecule has 0 aliphatic heterocycles. The van der Waals surface area contributed by atoms with Crippen molar-refractivity contribution in [3.63, 3.8) is 0 Å². The van der Waals surface area contributed by atoms with Gasteiger partial charge in [0.05, 0.1) is 22.8 Å². The van der Waals surface area contributed by atoms with Crippen LogP contribution in [0, 0.1) is 5.92 Å². The summed E-state index contributed by atoms with van der Waals surface area (Å²) in [6.07, 6.45) is 8.61. The van der Waals surface area contributed by atoms with Gasteiger partial charge in [-0.15, -0.1) is 0 Å². The Kier molecular flexibility index (Phi) is 6.68. The average molecular weight is 528 g/mol. The molecule has 6 rings (SSSR count). The molecule has 9 heteroatoms. The lowest BCUT2D eigenvalue weighted by Gasteiger charge is -2.35. The summed E-state index contributed by atoms with van der Waals surface area (Å²) in [4.78, 5) is 34.0. The van der Waals surface area contributed by atoms with Crippen LogP contribution in [0.5, 0.6) is 11.5 Å². The summed E-state index contributed by atoms with van der Waals surface area (Å²) in [7, 11) is 3.66. The molecule has 2 aliphatic rings. The van der Waals surface area contributed by atoms with Gasteiger partial charge in [0.15, 0.2) is 0 Å². The molecule has 1 N–H and O–H groups in total. The van der Waals surface area contributed by atoms with Gasteiger partial charge in [-0.05, 0) is 68.4 Å². The van der Waals surface area contributed by atoms with E-state index in [1.807, 2.05) is 46.6 Å². The van der Waals surface area contributed by atoms with Crippen molar-refractivity contribution < 1.29 is 14.3 Å². The predicted octanol–water partition coefficient (Wildman–Crippen LogP) is 5.10. The van der Waals surface area contributed by atoms with Crippen molar-refractivity contribution in [2.24, 2.45) is 13.0 Å². The van der Waals surface area contributed by atoms with Crippen LogP contribution in [0.1, 0.15) is 49.8 Å². The Bertz CT molecular complexity index is 1600. The van der Waals surface area contributed by atoms with E-state index in [1.54, 1.807) is 32.4 Å². The summed E-state index contributed by atoms with van der Waals surface area (Å²) in [5.41, 5.74) is 4.01. The number of anilines is 2. The number of hydrogen-bond donors (Lipinski definition) is 1. The number of ether oxygens (including phenoxy) is 2. The van der Waals surface area contributed by atoms with E-state index in [0.717, 1.165) is 36.7 Å². The number of nitrogens with zero attached hydrogens (tertiary/aromatic N) is 4.